The van der Waals surface area contributed by atoms with Crippen LogP contribution in [0.3, 0.4) is 0 Å². The van der Waals surface area contributed by atoms with Crippen LogP contribution >= 0.6 is 15.9 Å². The molecule has 4 atom stereocenters. The first-order chi connectivity index (χ1) is 25.0. The lowest BCUT2D eigenvalue weighted by atomic mass is 9.95. The molecule has 3 aromatic heterocycles. The van der Waals surface area contributed by atoms with Gasteiger partial charge in [0.1, 0.15) is 34.5 Å². The van der Waals surface area contributed by atoms with Gasteiger partial charge in [0.05, 0.1) is 12.1 Å². The van der Waals surface area contributed by atoms with E-state index >= 15 is 0 Å². The van der Waals surface area contributed by atoms with Crippen molar-refractivity contribution in [3.63, 3.8) is 0 Å². The second-order valence-electron chi connectivity index (χ2n) is 14.0. The summed E-state index contributed by atoms with van der Waals surface area (Å²) in [5.41, 5.74) is 3.65. The van der Waals surface area contributed by atoms with Gasteiger partial charge in [-0.05, 0) is 83.8 Å². The minimum absolute atomic E-state index is 0.0488. The average Bonchev–Trinajstić information content (AvgIpc) is 3.37. The van der Waals surface area contributed by atoms with Crippen molar-refractivity contribution in [3.05, 3.63) is 76.1 Å². The molecule has 1 aromatic carbocycles. The largest absolute Gasteiger partial charge is 0.380 e. The number of pyridine rings is 1. The maximum atomic E-state index is 14.6. The predicted molar refractivity (Wildman–Crippen MR) is 197 cm³/mol. The number of piperidine rings is 1. The van der Waals surface area contributed by atoms with Crippen molar-refractivity contribution in [1.82, 2.24) is 34.9 Å². The van der Waals surface area contributed by atoms with Gasteiger partial charge in [0, 0.05) is 67.4 Å². The molecule has 4 aromatic rings. The van der Waals surface area contributed by atoms with Gasteiger partial charge >= 0.3 is 0 Å². The maximum Gasteiger partial charge on any atom is 0.248 e. The number of aryl methyl sites for hydroxylation is 1. The highest BCUT2D eigenvalue weighted by molar-refractivity contribution is 9.10. The summed E-state index contributed by atoms with van der Waals surface area (Å²) in [5.74, 6) is 0.0834. The van der Waals surface area contributed by atoms with Crippen molar-refractivity contribution < 1.29 is 23.9 Å². The Kier molecular flexibility index (Phi) is 9.79. The van der Waals surface area contributed by atoms with Gasteiger partial charge in [0.2, 0.25) is 17.7 Å². The number of rotatable bonds is 6. The maximum absolute atomic E-state index is 14.6. The molecule has 14 heteroatoms. The number of ether oxygens (including phenoxy) is 1. The zero-order valence-electron chi connectivity index (χ0n) is 29.6. The summed E-state index contributed by atoms with van der Waals surface area (Å²) in [5, 5.41) is 11.5. The summed E-state index contributed by atoms with van der Waals surface area (Å²) in [6.07, 6.45) is 10.2. The molecule has 2 aliphatic heterocycles. The van der Waals surface area contributed by atoms with Crippen LogP contribution in [0.1, 0.15) is 67.0 Å². The fourth-order valence-corrected chi connectivity index (χ4v) is 8.30. The van der Waals surface area contributed by atoms with Gasteiger partial charge in [-0.1, -0.05) is 25.1 Å². The third-order valence-corrected chi connectivity index (χ3v) is 11.1. The SMILES string of the molecule is COCc1ccc(Br)nc1NC(=O)[C@@H]1C[C@]23CNC(=O)CCCC=CCc4cc(-c5cnc(C)nc5)cc5c(C(C)=O)nn(c45)CC(=O)N1[C@@H]2[C@@H]3C. The molecular weight excluding hydrogens is 728 g/mol. The van der Waals surface area contributed by atoms with E-state index in [1.807, 2.05) is 31.2 Å². The number of carbonyl (C=O) groups is 4. The third-order valence-electron chi connectivity index (χ3n) is 10.7. The first-order valence-corrected chi connectivity index (χ1v) is 18.3. The first kappa shape index (κ1) is 35.6. The standard InChI is InChI=1S/C38H41BrN8O5/c1-21-35-38(21)15-29(37(51)44-36-25(19-52-4)11-12-30(39)43-36)47(35)32(50)18-46-34-24(9-7-5-6-8-10-31(49)42-20-38)13-26(27-16-40-23(3)41-17-27)14-28(34)33(45-46)22(2)48/h5,7,11-14,16-17,21,29,35H,6,8-10,15,18-20H2,1-4H3,(H,42,49)(H,43,44,51)/t21-,29-,35+,38+/m0/s1. The van der Waals surface area contributed by atoms with Crippen molar-refractivity contribution >= 4 is 56.2 Å². The molecule has 1 saturated heterocycles. The number of anilines is 1. The van der Waals surface area contributed by atoms with Gasteiger partial charge < -0.3 is 20.3 Å². The van der Waals surface area contributed by atoms with Crippen molar-refractivity contribution in [2.45, 2.75) is 78.1 Å². The van der Waals surface area contributed by atoms with E-state index in [4.69, 9.17) is 9.84 Å². The molecule has 0 radical (unpaired) electrons. The summed E-state index contributed by atoms with van der Waals surface area (Å²) in [4.78, 5) is 69.8. The Bertz CT molecular complexity index is 2110. The zero-order chi connectivity index (χ0) is 36.7. The first-order valence-electron chi connectivity index (χ1n) is 17.5. The quantitative estimate of drug-likeness (QED) is 0.157. The molecule has 1 saturated carbocycles. The number of halogens is 1. The Morgan fingerprint density at radius 3 is 2.67 bits per heavy atom. The molecular formula is C38H41BrN8O5. The number of methoxy groups -OCH3 is 1. The Labute approximate surface area is 309 Å². The topological polar surface area (TPSA) is 161 Å². The molecule has 2 N–H and O–H groups in total. The summed E-state index contributed by atoms with van der Waals surface area (Å²) in [6.45, 7) is 5.76. The number of benzene rings is 1. The van der Waals surface area contributed by atoms with Crippen LogP contribution in [0.15, 0.2) is 53.4 Å². The van der Waals surface area contributed by atoms with Crippen LogP contribution in [0.5, 0.6) is 0 Å². The molecule has 5 heterocycles. The number of hydrogen-bond acceptors (Lipinski definition) is 9. The van der Waals surface area contributed by atoms with Gasteiger partial charge in [-0.25, -0.2) is 15.0 Å². The van der Waals surface area contributed by atoms with Crippen LogP contribution in [0, 0.1) is 18.3 Å². The van der Waals surface area contributed by atoms with Gasteiger partial charge in [-0.3, -0.25) is 23.9 Å². The lowest BCUT2D eigenvalue weighted by Crippen LogP contribution is -2.47. The van der Waals surface area contributed by atoms with Crippen molar-refractivity contribution in [1.29, 1.82) is 0 Å². The minimum Gasteiger partial charge on any atom is -0.380 e. The molecule has 13 nitrogen and oxygen atoms in total. The highest BCUT2D eigenvalue weighted by atomic mass is 79.9. The molecule has 52 heavy (non-hydrogen) atoms. The molecule has 0 unspecified atom stereocenters. The second kappa shape index (κ2) is 14.3. The number of hydrogen-bond donors (Lipinski definition) is 2. The third kappa shape index (κ3) is 6.65. The Balaban J connectivity index is 1.31. The Morgan fingerprint density at radius 2 is 1.92 bits per heavy atom. The van der Waals surface area contributed by atoms with E-state index in [0.29, 0.717) is 71.4 Å². The highest BCUT2D eigenvalue weighted by Crippen LogP contribution is 2.64. The molecule has 270 valence electrons. The fraction of sp³-hybridized carbons (Fsp3) is 0.421. The van der Waals surface area contributed by atoms with E-state index in [1.165, 1.54) is 6.92 Å². The van der Waals surface area contributed by atoms with Crippen LogP contribution < -0.4 is 10.6 Å². The minimum atomic E-state index is -0.828. The lowest BCUT2D eigenvalue weighted by Gasteiger charge is -2.28. The smallest absolute Gasteiger partial charge is 0.248 e. The van der Waals surface area contributed by atoms with Crippen LogP contribution in [-0.4, -0.2) is 78.9 Å². The van der Waals surface area contributed by atoms with Crippen LogP contribution in [0.25, 0.3) is 22.0 Å². The molecule has 3 aliphatic rings. The molecule has 1 aliphatic carbocycles. The second-order valence-corrected chi connectivity index (χ2v) is 14.8. The number of amides is 3. The summed E-state index contributed by atoms with van der Waals surface area (Å²) in [6, 6.07) is 6.42. The number of nitrogens with zero attached hydrogens (tertiary/aromatic N) is 6. The normalized spacial score (nSPS) is 23.2. The van der Waals surface area contributed by atoms with E-state index in [1.54, 1.807) is 35.2 Å². The zero-order valence-corrected chi connectivity index (χ0v) is 31.2. The van der Waals surface area contributed by atoms with E-state index < -0.39 is 11.5 Å². The van der Waals surface area contributed by atoms with E-state index in [-0.39, 0.29) is 54.3 Å². The van der Waals surface area contributed by atoms with Crippen molar-refractivity contribution in [2.24, 2.45) is 11.3 Å². The molecule has 7 rings (SSSR count). The van der Waals surface area contributed by atoms with Gasteiger partial charge in [0.15, 0.2) is 5.78 Å². The number of Topliss-reactive ketones (excluding diaryl/α,β-unsaturated/α-hetero) is 1. The molecule has 3 amide bonds. The Hall–Kier alpha value is -4.82. The molecule has 2 bridgehead atoms. The van der Waals surface area contributed by atoms with Gasteiger partial charge in [-0.2, -0.15) is 5.10 Å². The molecule has 2 fully saturated rings. The van der Waals surface area contributed by atoms with Crippen molar-refractivity contribution in [3.8, 4) is 11.1 Å². The van der Waals surface area contributed by atoms with E-state index in [9.17, 15) is 19.2 Å². The fourth-order valence-electron chi connectivity index (χ4n) is 7.99. The number of allylic oxidation sites excluding steroid dienone is 2. The average molecular weight is 770 g/mol. The van der Waals surface area contributed by atoms with Crippen LogP contribution in [0.4, 0.5) is 5.82 Å². The van der Waals surface area contributed by atoms with Crippen LogP contribution in [-0.2, 0) is 38.7 Å². The number of aromatic nitrogens is 5. The summed E-state index contributed by atoms with van der Waals surface area (Å²) < 4.78 is 7.49. The predicted octanol–water partition coefficient (Wildman–Crippen LogP) is 4.95. The van der Waals surface area contributed by atoms with Crippen molar-refractivity contribution in [2.75, 3.05) is 19.0 Å². The molecule has 0 spiro atoms. The monoisotopic (exact) mass is 768 g/mol. The van der Waals surface area contributed by atoms with Gasteiger partial charge in [0.25, 0.3) is 0 Å². The van der Waals surface area contributed by atoms with Gasteiger partial charge in [-0.15, -0.1) is 0 Å². The number of ketones is 1. The summed E-state index contributed by atoms with van der Waals surface area (Å²) in [7, 11) is 1.57. The Morgan fingerprint density at radius 1 is 1.13 bits per heavy atom. The summed E-state index contributed by atoms with van der Waals surface area (Å²) >= 11 is 3.39. The number of carbonyl (C=O) groups excluding carboxylic acids is 4. The lowest BCUT2D eigenvalue weighted by molar-refractivity contribution is -0.139. The van der Waals surface area contributed by atoms with Crippen LogP contribution in [0.2, 0.25) is 0 Å². The van der Waals surface area contributed by atoms with E-state index in [2.05, 4.69) is 54.5 Å². The number of nitrogens with one attached hydrogen (secondary N) is 2. The highest BCUT2D eigenvalue weighted by Gasteiger charge is 2.72. The van der Waals surface area contributed by atoms with E-state index in [0.717, 1.165) is 16.7 Å².